The standard InChI is InChI=1S/C20H18N4O2/c25-19-15-23(13-14-24(19)18-5-1-2-10-21-18)20(26)16-6-8-17(9-7-16)22-11-3-4-12-22/h1-12H,13-15H2. The fraction of sp³-hybridized carbons (Fsp3) is 0.150. The Balaban J connectivity index is 1.45. The SMILES string of the molecule is O=C(c1ccc(-n2cccc2)cc1)N1CCN(c2ccccn2)C(=O)C1. The summed E-state index contributed by atoms with van der Waals surface area (Å²) in [5.41, 5.74) is 1.57. The quantitative estimate of drug-likeness (QED) is 0.731. The van der Waals surface area contributed by atoms with Crippen molar-refractivity contribution in [1.82, 2.24) is 14.5 Å². The van der Waals surface area contributed by atoms with Gasteiger partial charge in [0.15, 0.2) is 0 Å². The van der Waals surface area contributed by atoms with Crippen LogP contribution < -0.4 is 4.90 Å². The van der Waals surface area contributed by atoms with E-state index < -0.39 is 0 Å². The van der Waals surface area contributed by atoms with Gasteiger partial charge in [-0.05, 0) is 48.5 Å². The van der Waals surface area contributed by atoms with Crippen molar-refractivity contribution >= 4 is 17.6 Å². The maximum Gasteiger partial charge on any atom is 0.254 e. The zero-order valence-electron chi connectivity index (χ0n) is 14.2. The number of hydrogen-bond donors (Lipinski definition) is 0. The van der Waals surface area contributed by atoms with Crippen LogP contribution in [0.1, 0.15) is 10.4 Å². The molecular weight excluding hydrogens is 328 g/mol. The molecule has 0 aliphatic carbocycles. The Bertz CT molecular complexity index is 905. The summed E-state index contributed by atoms with van der Waals surface area (Å²) in [4.78, 5) is 32.6. The number of carbonyl (C=O) groups is 2. The number of hydrogen-bond acceptors (Lipinski definition) is 3. The number of aromatic nitrogens is 2. The Morgan fingerprint density at radius 3 is 2.35 bits per heavy atom. The second-order valence-electron chi connectivity index (χ2n) is 6.10. The third-order valence-corrected chi connectivity index (χ3v) is 4.45. The van der Waals surface area contributed by atoms with Gasteiger partial charge in [0.1, 0.15) is 12.4 Å². The van der Waals surface area contributed by atoms with E-state index in [9.17, 15) is 9.59 Å². The first-order chi connectivity index (χ1) is 12.7. The molecule has 6 heteroatoms. The van der Waals surface area contributed by atoms with E-state index in [1.165, 1.54) is 0 Å². The molecule has 0 N–H and O–H groups in total. The second kappa shape index (κ2) is 6.84. The minimum absolute atomic E-state index is 0.0642. The lowest BCUT2D eigenvalue weighted by atomic mass is 10.1. The molecule has 3 heterocycles. The van der Waals surface area contributed by atoms with Crippen molar-refractivity contribution in [2.45, 2.75) is 0 Å². The summed E-state index contributed by atoms with van der Waals surface area (Å²) in [6.07, 6.45) is 5.56. The Labute approximate surface area is 151 Å². The molecule has 1 aromatic carbocycles. The van der Waals surface area contributed by atoms with Crippen LogP contribution in [-0.2, 0) is 4.79 Å². The van der Waals surface area contributed by atoms with Crippen molar-refractivity contribution in [3.8, 4) is 5.69 Å². The highest BCUT2D eigenvalue weighted by atomic mass is 16.2. The third kappa shape index (κ3) is 3.09. The predicted octanol–water partition coefficient (Wildman–Crippen LogP) is 2.36. The van der Waals surface area contributed by atoms with E-state index in [1.54, 1.807) is 34.2 Å². The van der Waals surface area contributed by atoms with Gasteiger partial charge in [0.25, 0.3) is 5.91 Å². The summed E-state index contributed by atoms with van der Waals surface area (Å²) >= 11 is 0. The van der Waals surface area contributed by atoms with Crippen molar-refractivity contribution in [3.05, 3.63) is 78.8 Å². The van der Waals surface area contributed by atoms with E-state index in [0.717, 1.165) is 5.69 Å². The molecule has 1 aliphatic rings. The molecule has 2 amide bonds. The molecule has 0 radical (unpaired) electrons. The number of rotatable bonds is 3. The first kappa shape index (κ1) is 16.1. The number of anilines is 1. The molecule has 0 spiro atoms. The first-order valence-corrected chi connectivity index (χ1v) is 8.46. The van der Waals surface area contributed by atoms with E-state index in [-0.39, 0.29) is 18.4 Å². The summed E-state index contributed by atoms with van der Waals surface area (Å²) in [5, 5.41) is 0. The molecule has 0 unspecified atom stereocenters. The highest BCUT2D eigenvalue weighted by Crippen LogP contribution is 2.17. The van der Waals surface area contributed by atoms with E-state index in [1.807, 2.05) is 53.4 Å². The van der Waals surface area contributed by atoms with Gasteiger partial charge in [-0.3, -0.25) is 14.5 Å². The lowest BCUT2D eigenvalue weighted by Gasteiger charge is -2.33. The van der Waals surface area contributed by atoms with Gasteiger partial charge in [0, 0.05) is 42.9 Å². The molecule has 1 fully saturated rings. The predicted molar refractivity (Wildman–Crippen MR) is 98.3 cm³/mol. The second-order valence-corrected chi connectivity index (χ2v) is 6.10. The molecule has 1 saturated heterocycles. The Morgan fingerprint density at radius 2 is 1.69 bits per heavy atom. The molecule has 0 saturated carbocycles. The van der Waals surface area contributed by atoms with Crippen LogP contribution in [0.4, 0.5) is 5.82 Å². The highest BCUT2D eigenvalue weighted by molar-refractivity contribution is 6.01. The third-order valence-electron chi connectivity index (χ3n) is 4.45. The van der Waals surface area contributed by atoms with Crippen LogP contribution in [0.5, 0.6) is 0 Å². The summed E-state index contributed by atoms with van der Waals surface area (Å²) in [6, 6.07) is 16.8. The van der Waals surface area contributed by atoms with Gasteiger partial charge in [0.05, 0.1) is 0 Å². The van der Waals surface area contributed by atoms with Crippen LogP contribution in [0.15, 0.2) is 73.2 Å². The summed E-state index contributed by atoms with van der Waals surface area (Å²) in [5.74, 6) is 0.381. The fourth-order valence-corrected chi connectivity index (χ4v) is 3.07. The maximum absolute atomic E-state index is 12.7. The Kier molecular flexibility index (Phi) is 4.23. The van der Waals surface area contributed by atoms with Gasteiger partial charge in [-0.25, -0.2) is 4.98 Å². The maximum atomic E-state index is 12.7. The van der Waals surface area contributed by atoms with E-state index in [2.05, 4.69) is 4.98 Å². The van der Waals surface area contributed by atoms with Crippen molar-refractivity contribution in [2.75, 3.05) is 24.5 Å². The van der Waals surface area contributed by atoms with Crippen molar-refractivity contribution in [2.24, 2.45) is 0 Å². The lowest BCUT2D eigenvalue weighted by Crippen LogP contribution is -2.52. The van der Waals surface area contributed by atoms with Gasteiger partial charge in [0.2, 0.25) is 5.91 Å². The fourth-order valence-electron chi connectivity index (χ4n) is 3.07. The number of nitrogens with zero attached hydrogens (tertiary/aromatic N) is 4. The molecule has 130 valence electrons. The summed E-state index contributed by atoms with van der Waals surface area (Å²) in [7, 11) is 0. The minimum Gasteiger partial charge on any atom is -0.328 e. The number of carbonyl (C=O) groups excluding carboxylic acids is 2. The van der Waals surface area contributed by atoms with Gasteiger partial charge >= 0.3 is 0 Å². The lowest BCUT2D eigenvalue weighted by molar-refractivity contribution is -0.120. The van der Waals surface area contributed by atoms with Gasteiger partial charge in [-0.2, -0.15) is 0 Å². The van der Waals surface area contributed by atoms with Crippen LogP contribution in [0.3, 0.4) is 0 Å². The van der Waals surface area contributed by atoms with Gasteiger partial charge in [-0.15, -0.1) is 0 Å². The van der Waals surface area contributed by atoms with Crippen molar-refractivity contribution < 1.29 is 9.59 Å². The molecule has 4 rings (SSSR count). The van der Waals surface area contributed by atoms with E-state index in [0.29, 0.717) is 24.5 Å². The average molecular weight is 346 g/mol. The van der Waals surface area contributed by atoms with Crippen LogP contribution >= 0.6 is 0 Å². The van der Waals surface area contributed by atoms with E-state index >= 15 is 0 Å². The number of benzene rings is 1. The number of amides is 2. The summed E-state index contributed by atoms with van der Waals surface area (Å²) in [6.45, 7) is 0.998. The van der Waals surface area contributed by atoms with Crippen LogP contribution in [0.25, 0.3) is 5.69 Å². The molecule has 3 aromatic rings. The van der Waals surface area contributed by atoms with Crippen LogP contribution in [0.2, 0.25) is 0 Å². The zero-order chi connectivity index (χ0) is 17.9. The average Bonchev–Trinajstić information content (AvgIpc) is 3.23. The topological polar surface area (TPSA) is 58.4 Å². The largest absolute Gasteiger partial charge is 0.328 e. The minimum atomic E-state index is -0.127. The van der Waals surface area contributed by atoms with Crippen molar-refractivity contribution in [1.29, 1.82) is 0 Å². The molecule has 2 aromatic heterocycles. The molecule has 0 atom stereocenters. The zero-order valence-corrected chi connectivity index (χ0v) is 14.2. The van der Waals surface area contributed by atoms with Gasteiger partial charge in [-0.1, -0.05) is 6.07 Å². The normalized spacial score (nSPS) is 14.5. The smallest absolute Gasteiger partial charge is 0.254 e. The highest BCUT2D eigenvalue weighted by Gasteiger charge is 2.29. The van der Waals surface area contributed by atoms with Gasteiger partial charge < -0.3 is 9.47 Å². The van der Waals surface area contributed by atoms with Crippen LogP contribution in [0, 0.1) is 0 Å². The summed E-state index contributed by atoms with van der Waals surface area (Å²) < 4.78 is 1.98. The Morgan fingerprint density at radius 1 is 0.923 bits per heavy atom. The molecular formula is C20H18N4O2. The Hall–Kier alpha value is -3.41. The molecule has 1 aliphatic heterocycles. The van der Waals surface area contributed by atoms with E-state index in [4.69, 9.17) is 0 Å². The molecule has 0 bridgehead atoms. The van der Waals surface area contributed by atoms with Crippen LogP contribution in [-0.4, -0.2) is 45.9 Å². The monoisotopic (exact) mass is 346 g/mol. The molecule has 26 heavy (non-hydrogen) atoms. The van der Waals surface area contributed by atoms with Crippen molar-refractivity contribution in [3.63, 3.8) is 0 Å². The molecule has 6 nitrogen and oxygen atoms in total. The number of pyridine rings is 1. The number of piperazine rings is 1. The first-order valence-electron chi connectivity index (χ1n) is 8.46.